The van der Waals surface area contributed by atoms with Crippen LogP contribution in [0.4, 0.5) is 5.69 Å². The third kappa shape index (κ3) is 6.33. The number of carbonyl (C=O) groups excluding carboxylic acids is 1. The summed E-state index contributed by atoms with van der Waals surface area (Å²) in [6, 6.07) is 17.8. The van der Waals surface area contributed by atoms with Crippen LogP contribution >= 0.6 is 0 Å². The van der Waals surface area contributed by atoms with Crippen LogP contribution in [0.15, 0.2) is 59.0 Å². The van der Waals surface area contributed by atoms with Gasteiger partial charge in [-0.2, -0.15) is 0 Å². The maximum atomic E-state index is 13.3. The topological polar surface area (TPSA) is 89.3 Å². The van der Waals surface area contributed by atoms with Crippen LogP contribution in [0.3, 0.4) is 0 Å². The molecule has 0 radical (unpaired) electrons. The molecule has 1 amide bonds. The fourth-order valence-electron chi connectivity index (χ4n) is 6.36. The normalized spacial score (nSPS) is 16.7. The van der Waals surface area contributed by atoms with Gasteiger partial charge < -0.3 is 23.9 Å². The minimum atomic E-state index is -0.325. The number of carbonyl (C=O) groups is 1. The molecule has 1 aliphatic heterocycles. The molecule has 1 saturated carbocycles. The molecule has 2 heterocycles. The lowest BCUT2D eigenvalue weighted by atomic mass is 9.94. The first-order valence-corrected chi connectivity index (χ1v) is 15.1. The van der Waals surface area contributed by atoms with E-state index < -0.39 is 0 Å². The minimum Gasteiger partial charge on any atom is -0.493 e. The molecule has 0 bridgehead atoms. The van der Waals surface area contributed by atoms with Gasteiger partial charge in [0.15, 0.2) is 17.1 Å². The van der Waals surface area contributed by atoms with Crippen LogP contribution in [0.2, 0.25) is 0 Å². The van der Waals surface area contributed by atoms with Crippen molar-refractivity contribution in [1.29, 1.82) is 0 Å². The number of ether oxygens (including phenoxy) is 3. The van der Waals surface area contributed by atoms with Crippen LogP contribution in [-0.4, -0.2) is 74.2 Å². The van der Waals surface area contributed by atoms with E-state index in [1.54, 1.807) is 12.1 Å². The van der Waals surface area contributed by atoms with Crippen molar-refractivity contribution in [2.45, 2.75) is 44.7 Å². The largest absolute Gasteiger partial charge is 0.493 e. The van der Waals surface area contributed by atoms with Gasteiger partial charge in [0.25, 0.3) is 5.91 Å². The Morgan fingerprint density at radius 1 is 0.907 bits per heavy atom. The number of oxazole rings is 1. The number of fused-ring (bicyclic) bond motifs is 1. The van der Waals surface area contributed by atoms with Gasteiger partial charge in [-0.15, -0.1) is 0 Å². The van der Waals surface area contributed by atoms with Gasteiger partial charge in [0.1, 0.15) is 5.52 Å². The van der Waals surface area contributed by atoms with Gasteiger partial charge in [0.2, 0.25) is 11.6 Å². The lowest BCUT2D eigenvalue weighted by molar-refractivity contribution is 0.0755. The van der Waals surface area contributed by atoms with Crippen molar-refractivity contribution in [2.24, 2.45) is 0 Å². The third-order valence-corrected chi connectivity index (χ3v) is 8.69. The molecule has 3 aromatic carbocycles. The van der Waals surface area contributed by atoms with Crippen LogP contribution < -0.4 is 19.5 Å². The SMILES string of the molecule is COc1cc(C(=O)Nc2ccccc2-c2nc3cc(CN4CCN(C5CCCCC5)CC4)ccc3o2)cc(OC)c1OC. The molecule has 0 spiro atoms. The Morgan fingerprint density at radius 2 is 1.63 bits per heavy atom. The first-order chi connectivity index (χ1) is 21.1. The number of piperazine rings is 1. The van der Waals surface area contributed by atoms with Gasteiger partial charge in [-0.3, -0.25) is 14.6 Å². The number of anilines is 1. The highest BCUT2D eigenvalue weighted by Crippen LogP contribution is 2.39. The Bertz CT molecular complexity index is 1550. The van der Waals surface area contributed by atoms with Gasteiger partial charge in [0, 0.05) is 44.3 Å². The Labute approximate surface area is 252 Å². The number of nitrogens with one attached hydrogen (secondary N) is 1. The summed E-state index contributed by atoms with van der Waals surface area (Å²) in [5.41, 5.74) is 4.39. The molecule has 6 rings (SSSR count). The van der Waals surface area contributed by atoms with Gasteiger partial charge in [0.05, 0.1) is 32.6 Å². The van der Waals surface area contributed by atoms with E-state index in [1.165, 1.54) is 59.0 Å². The van der Waals surface area contributed by atoms with Crippen LogP contribution in [0.1, 0.15) is 48.0 Å². The fourth-order valence-corrected chi connectivity index (χ4v) is 6.36. The predicted molar refractivity (Wildman–Crippen MR) is 167 cm³/mol. The van der Waals surface area contributed by atoms with E-state index in [4.69, 9.17) is 23.6 Å². The number of benzene rings is 3. The summed E-state index contributed by atoms with van der Waals surface area (Å²) >= 11 is 0. The second kappa shape index (κ2) is 13.1. The zero-order valence-electron chi connectivity index (χ0n) is 25.2. The van der Waals surface area contributed by atoms with Crippen molar-refractivity contribution in [3.8, 4) is 28.7 Å². The Kier molecular flexibility index (Phi) is 8.81. The van der Waals surface area contributed by atoms with Crippen LogP contribution in [0, 0.1) is 0 Å². The smallest absolute Gasteiger partial charge is 0.255 e. The fraction of sp³-hybridized carbons (Fsp3) is 0.412. The quantitative estimate of drug-likeness (QED) is 0.248. The summed E-state index contributed by atoms with van der Waals surface area (Å²) in [6.45, 7) is 5.40. The summed E-state index contributed by atoms with van der Waals surface area (Å²) in [5, 5.41) is 3.00. The number of methoxy groups -OCH3 is 3. The summed E-state index contributed by atoms with van der Waals surface area (Å²) < 4.78 is 22.4. The van der Waals surface area contributed by atoms with Crippen molar-refractivity contribution in [2.75, 3.05) is 52.8 Å². The molecule has 4 aromatic rings. The summed E-state index contributed by atoms with van der Waals surface area (Å²) in [5.74, 6) is 1.36. The van der Waals surface area contributed by atoms with Crippen molar-refractivity contribution in [1.82, 2.24) is 14.8 Å². The summed E-state index contributed by atoms with van der Waals surface area (Å²) in [6.07, 6.45) is 6.90. The predicted octanol–water partition coefficient (Wildman–Crippen LogP) is 6.22. The van der Waals surface area contributed by atoms with Crippen LogP contribution in [0.25, 0.3) is 22.6 Å². The van der Waals surface area contributed by atoms with Crippen molar-refractivity contribution < 1.29 is 23.4 Å². The Morgan fingerprint density at radius 3 is 2.33 bits per heavy atom. The number of nitrogens with zero attached hydrogens (tertiary/aromatic N) is 3. The zero-order valence-corrected chi connectivity index (χ0v) is 25.2. The van der Waals surface area contributed by atoms with Crippen LogP contribution in [-0.2, 0) is 6.54 Å². The van der Waals surface area contributed by atoms with E-state index in [9.17, 15) is 4.79 Å². The first-order valence-electron chi connectivity index (χ1n) is 15.1. The lowest BCUT2D eigenvalue weighted by Crippen LogP contribution is -2.50. The van der Waals surface area contributed by atoms with Gasteiger partial charge >= 0.3 is 0 Å². The van der Waals surface area contributed by atoms with E-state index in [1.807, 2.05) is 30.3 Å². The van der Waals surface area contributed by atoms with Crippen molar-refractivity contribution in [3.63, 3.8) is 0 Å². The molecule has 1 aliphatic carbocycles. The van der Waals surface area contributed by atoms with E-state index in [2.05, 4.69) is 27.2 Å². The monoisotopic (exact) mass is 584 g/mol. The summed E-state index contributed by atoms with van der Waals surface area (Å²) in [4.78, 5) is 23.4. The lowest BCUT2D eigenvalue weighted by Gasteiger charge is -2.40. The van der Waals surface area contributed by atoms with Crippen molar-refractivity contribution in [3.05, 3.63) is 65.7 Å². The minimum absolute atomic E-state index is 0.325. The highest BCUT2D eigenvalue weighted by atomic mass is 16.5. The number of hydrogen-bond donors (Lipinski definition) is 1. The molecule has 1 N–H and O–H groups in total. The number of hydrogen-bond acceptors (Lipinski definition) is 8. The molecule has 0 atom stereocenters. The zero-order chi connectivity index (χ0) is 29.8. The van der Waals surface area contributed by atoms with Crippen molar-refractivity contribution >= 4 is 22.7 Å². The standard InChI is InChI=1S/C34H40N4O5/c1-40-30-20-24(21-31(41-2)32(30)42-3)33(39)35-27-12-8-7-11-26(27)34-36-28-19-23(13-14-29(28)43-34)22-37-15-17-38(18-16-37)25-9-5-4-6-10-25/h7-8,11-14,19-21,25H,4-6,9-10,15-18,22H2,1-3H3,(H,35,39). The van der Waals surface area contributed by atoms with Gasteiger partial charge in [-0.25, -0.2) is 4.98 Å². The second-order valence-corrected chi connectivity index (χ2v) is 11.3. The maximum absolute atomic E-state index is 13.3. The average Bonchev–Trinajstić information content (AvgIpc) is 3.48. The molecular formula is C34H40N4O5. The molecule has 2 fully saturated rings. The molecule has 9 nitrogen and oxygen atoms in total. The summed E-state index contributed by atoms with van der Waals surface area (Å²) in [7, 11) is 4.56. The molecule has 9 heteroatoms. The Balaban J connectivity index is 1.16. The number of aromatic nitrogens is 1. The number of para-hydroxylation sites is 1. The molecule has 1 saturated heterocycles. The highest BCUT2D eigenvalue weighted by molar-refractivity contribution is 6.06. The molecule has 1 aromatic heterocycles. The van der Waals surface area contributed by atoms with Crippen LogP contribution in [0.5, 0.6) is 17.2 Å². The molecule has 0 unspecified atom stereocenters. The van der Waals surface area contributed by atoms with E-state index in [0.29, 0.717) is 45.5 Å². The number of rotatable bonds is 9. The molecule has 226 valence electrons. The molecule has 43 heavy (non-hydrogen) atoms. The van der Waals surface area contributed by atoms with E-state index >= 15 is 0 Å². The Hall–Kier alpha value is -4.08. The number of amides is 1. The van der Waals surface area contributed by atoms with Gasteiger partial charge in [-0.05, 0) is 54.8 Å². The molecular weight excluding hydrogens is 544 g/mol. The second-order valence-electron chi connectivity index (χ2n) is 11.3. The maximum Gasteiger partial charge on any atom is 0.255 e. The van der Waals surface area contributed by atoms with Gasteiger partial charge in [-0.1, -0.05) is 37.5 Å². The van der Waals surface area contributed by atoms with E-state index in [-0.39, 0.29) is 5.91 Å². The third-order valence-electron chi connectivity index (χ3n) is 8.69. The molecule has 2 aliphatic rings. The van der Waals surface area contributed by atoms with E-state index in [0.717, 1.165) is 44.3 Å². The first kappa shape index (κ1) is 29.0. The average molecular weight is 585 g/mol. The highest BCUT2D eigenvalue weighted by Gasteiger charge is 2.25.